The van der Waals surface area contributed by atoms with Gasteiger partial charge in [-0.15, -0.1) is 0 Å². The molecule has 102 valence electrons. The minimum Gasteiger partial charge on any atom is -0.342 e. The summed E-state index contributed by atoms with van der Waals surface area (Å²) in [5.41, 5.74) is 1.33. The Morgan fingerprint density at radius 1 is 1.05 bits per heavy atom. The maximum atomic E-state index is 13.6. The van der Waals surface area contributed by atoms with Gasteiger partial charge in [0, 0.05) is 6.42 Å². The number of imidazole rings is 1. The summed E-state index contributed by atoms with van der Waals surface area (Å²) in [6.07, 6.45) is 0.423. The first kappa shape index (κ1) is 13.3. The molecule has 3 aromatic rings. The molecule has 6 heteroatoms. The molecule has 3 rings (SSSR count). The van der Waals surface area contributed by atoms with Gasteiger partial charge < -0.3 is 4.98 Å². The van der Waals surface area contributed by atoms with Gasteiger partial charge in [0.15, 0.2) is 11.6 Å². The van der Waals surface area contributed by atoms with E-state index < -0.39 is 11.6 Å². The summed E-state index contributed by atoms with van der Waals surface area (Å²) in [5, 5.41) is 0.908. The lowest BCUT2D eigenvalue weighted by Gasteiger charge is -2.00. The van der Waals surface area contributed by atoms with Crippen molar-refractivity contribution < 1.29 is 8.78 Å². The molecule has 0 aliphatic heterocycles. The molecule has 0 aliphatic rings. The van der Waals surface area contributed by atoms with Gasteiger partial charge in [-0.1, -0.05) is 29.3 Å². The van der Waals surface area contributed by atoms with E-state index in [1.165, 1.54) is 6.07 Å². The Balaban J connectivity index is 1.98. The number of benzene rings is 2. The zero-order chi connectivity index (χ0) is 14.3. The third-order valence-electron chi connectivity index (χ3n) is 2.95. The number of H-pyrrole nitrogens is 1. The molecule has 0 amide bonds. The molecule has 20 heavy (non-hydrogen) atoms. The van der Waals surface area contributed by atoms with Crippen molar-refractivity contribution in [1.29, 1.82) is 0 Å². The van der Waals surface area contributed by atoms with E-state index in [2.05, 4.69) is 9.97 Å². The van der Waals surface area contributed by atoms with Crippen molar-refractivity contribution in [2.24, 2.45) is 0 Å². The van der Waals surface area contributed by atoms with Crippen LogP contribution in [0.2, 0.25) is 10.0 Å². The Morgan fingerprint density at radius 2 is 1.85 bits per heavy atom. The van der Waals surface area contributed by atoms with E-state index in [1.807, 2.05) is 0 Å². The van der Waals surface area contributed by atoms with Crippen LogP contribution in [0.5, 0.6) is 0 Å². The highest BCUT2D eigenvalue weighted by Crippen LogP contribution is 2.24. The molecule has 0 fully saturated rings. The standard InChI is InChI=1S/C14H8Cl2F2N2/c15-8-2-1-7(5-9(8)16)6-12-19-11-4-3-10(17)13(18)14(11)20-12/h1-5H,6H2,(H,19,20). The number of rotatable bonds is 2. The molecule has 2 aromatic carbocycles. The molecule has 0 radical (unpaired) electrons. The average Bonchev–Trinajstić information content (AvgIpc) is 2.82. The van der Waals surface area contributed by atoms with Gasteiger partial charge in [0.05, 0.1) is 15.6 Å². The number of hydrogen-bond donors (Lipinski definition) is 1. The fraction of sp³-hybridized carbons (Fsp3) is 0.0714. The predicted molar refractivity (Wildman–Crippen MR) is 75.3 cm³/mol. The van der Waals surface area contributed by atoms with Crippen molar-refractivity contribution in [2.75, 3.05) is 0 Å². The van der Waals surface area contributed by atoms with Crippen LogP contribution in [-0.4, -0.2) is 9.97 Å². The minimum atomic E-state index is -0.945. The molecule has 2 nitrogen and oxygen atoms in total. The van der Waals surface area contributed by atoms with Crippen molar-refractivity contribution in [3.05, 3.63) is 63.4 Å². The van der Waals surface area contributed by atoms with Crippen LogP contribution in [0.1, 0.15) is 11.4 Å². The second-order valence-corrected chi connectivity index (χ2v) is 5.18. The number of aromatic amines is 1. The Morgan fingerprint density at radius 3 is 2.60 bits per heavy atom. The molecule has 1 N–H and O–H groups in total. The summed E-state index contributed by atoms with van der Waals surface area (Å²) in [5.74, 6) is -1.33. The van der Waals surface area contributed by atoms with E-state index in [9.17, 15) is 8.78 Å². The number of halogens is 4. The first-order chi connectivity index (χ1) is 9.54. The van der Waals surface area contributed by atoms with E-state index in [4.69, 9.17) is 23.2 Å². The predicted octanol–water partition coefficient (Wildman–Crippen LogP) is 4.74. The molecular formula is C14H8Cl2F2N2. The molecule has 0 spiro atoms. The van der Waals surface area contributed by atoms with Crippen LogP contribution in [0.25, 0.3) is 11.0 Å². The Hall–Kier alpha value is -1.65. The molecule has 0 atom stereocenters. The van der Waals surface area contributed by atoms with Gasteiger partial charge in [-0.3, -0.25) is 0 Å². The lowest BCUT2D eigenvalue weighted by Crippen LogP contribution is -1.90. The van der Waals surface area contributed by atoms with Crippen LogP contribution in [0, 0.1) is 11.6 Å². The Bertz CT molecular complexity index is 799. The van der Waals surface area contributed by atoms with Gasteiger partial charge in [-0.05, 0) is 29.8 Å². The van der Waals surface area contributed by atoms with E-state index in [1.54, 1.807) is 18.2 Å². The van der Waals surface area contributed by atoms with Crippen LogP contribution in [0.15, 0.2) is 30.3 Å². The summed E-state index contributed by atoms with van der Waals surface area (Å²) in [6.45, 7) is 0. The molecule has 1 aromatic heterocycles. The topological polar surface area (TPSA) is 28.7 Å². The average molecular weight is 313 g/mol. The minimum absolute atomic E-state index is 0.0000560. The molecule has 0 saturated carbocycles. The van der Waals surface area contributed by atoms with E-state index in [-0.39, 0.29) is 5.52 Å². The van der Waals surface area contributed by atoms with Crippen LogP contribution < -0.4 is 0 Å². The fourth-order valence-electron chi connectivity index (χ4n) is 2.00. The van der Waals surface area contributed by atoms with Gasteiger partial charge >= 0.3 is 0 Å². The Kier molecular flexibility index (Phi) is 3.36. The van der Waals surface area contributed by atoms with Gasteiger partial charge in [-0.25, -0.2) is 13.8 Å². The summed E-state index contributed by atoms with van der Waals surface area (Å²) < 4.78 is 26.7. The van der Waals surface area contributed by atoms with Crippen molar-refractivity contribution in [2.45, 2.75) is 6.42 Å². The number of nitrogens with one attached hydrogen (secondary N) is 1. The highest BCUT2D eigenvalue weighted by Gasteiger charge is 2.12. The van der Waals surface area contributed by atoms with Gasteiger partial charge in [0.25, 0.3) is 0 Å². The second-order valence-electron chi connectivity index (χ2n) is 4.37. The third-order valence-corrected chi connectivity index (χ3v) is 3.69. The van der Waals surface area contributed by atoms with Crippen molar-refractivity contribution in [3.63, 3.8) is 0 Å². The van der Waals surface area contributed by atoms with E-state index in [0.717, 1.165) is 11.6 Å². The lowest BCUT2D eigenvalue weighted by atomic mass is 10.1. The summed E-state index contributed by atoms with van der Waals surface area (Å²) in [7, 11) is 0. The molecule has 0 aliphatic carbocycles. The largest absolute Gasteiger partial charge is 0.342 e. The summed E-state index contributed by atoms with van der Waals surface area (Å²) in [4.78, 5) is 7.03. The van der Waals surface area contributed by atoms with Gasteiger partial charge in [0.1, 0.15) is 11.3 Å². The molecule has 0 unspecified atom stereocenters. The zero-order valence-electron chi connectivity index (χ0n) is 10.1. The van der Waals surface area contributed by atoms with Crippen molar-refractivity contribution in [1.82, 2.24) is 9.97 Å². The maximum Gasteiger partial charge on any atom is 0.186 e. The normalized spacial score (nSPS) is 11.2. The summed E-state index contributed by atoms with van der Waals surface area (Å²) in [6, 6.07) is 7.73. The Labute approximate surface area is 123 Å². The quantitative estimate of drug-likeness (QED) is 0.727. The zero-order valence-corrected chi connectivity index (χ0v) is 11.6. The van der Waals surface area contributed by atoms with Crippen LogP contribution in [0.3, 0.4) is 0 Å². The number of fused-ring (bicyclic) bond motifs is 1. The van der Waals surface area contributed by atoms with Crippen LogP contribution in [0.4, 0.5) is 8.78 Å². The molecule has 0 saturated heterocycles. The summed E-state index contributed by atoms with van der Waals surface area (Å²) >= 11 is 11.8. The highest BCUT2D eigenvalue weighted by atomic mass is 35.5. The lowest BCUT2D eigenvalue weighted by molar-refractivity contribution is 0.515. The number of hydrogen-bond acceptors (Lipinski definition) is 1. The van der Waals surface area contributed by atoms with E-state index in [0.29, 0.717) is 27.8 Å². The number of aromatic nitrogens is 2. The fourth-order valence-corrected chi connectivity index (χ4v) is 2.32. The van der Waals surface area contributed by atoms with Crippen molar-refractivity contribution >= 4 is 34.2 Å². The first-order valence-electron chi connectivity index (χ1n) is 5.81. The number of nitrogens with zero attached hydrogens (tertiary/aromatic N) is 1. The smallest absolute Gasteiger partial charge is 0.186 e. The first-order valence-corrected chi connectivity index (χ1v) is 6.56. The SMILES string of the molecule is Fc1ccc2[nH]c(Cc3ccc(Cl)c(Cl)c3)nc2c1F. The second kappa shape index (κ2) is 5.04. The van der Waals surface area contributed by atoms with E-state index >= 15 is 0 Å². The van der Waals surface area contributed by atoms with Crippen molar-refractivity contribution in [3.8, 4) is 0 Å². The molecule has 1 heterocycles. The third kappa shape index (κ3) is 2.37. The molecule has 0 bridgehead atoms. The van der Waals surface area contributed by atoms with Gasteiger partial charge in [-0.2, -0.15) is 0 Å². The van der Waals surface area contributed by atoms with Gasteiger partial charge in [0.2, 0.25) is 0 Å². The monoisotopic (exact) mass is 312 g/mol. The highest BCUT2D eigenvalue weighted by molar-refractivity contribution is 6.42. The van der Waals surface area contributed by atoms with Crippen LogP contribution >= 0.6 is 23.2 Å². The van der Waals surface area contributed by atoms with Crippen LogP contribution in [-0.2, 0) is 6.42 Å². The maximum absolute atomic E-state index is 13.6. The molecular weight excluding hydrogens is 305 g/mol.